The number of sulfonamides is 1. The molecule has 0 heterocycles. The highest BCUT2D eigenvalue weighted by Crippen LogP contribution is 2.26. The summed E-state index contributed by atoms with van der Waals surface area (Å²) in [7, 11) is -2.14. The van der Waals surface area contributed by atoms with E-state index in [4.69, 9.17) is 5.73 Å². The maximum Gasteiger partial charge on any atom is 0.243 e. The minimum absolute atomic E-state index is 0.0538. The molecule has 0 unspecified atom stereocenters. The van der Waals surface area contributed by atoms with Crippen LogP contribution < -0.4 is 5.73 Å². The highest BCUT2D eigenvalue weighted by molar-refractivity contribution is 7.89. The Balaban J connectivity index is 3.25. The summed E-state index contributed by atoms with van der Waals surface area (Å²) >= 11 is 0. The Kier molecular flexibility index (Phi) is 4.27. The fourth-order valence-electron chi connectivity index (χ4n) is 1.87. The zero-order valence-electron chi connectivity index (χ0n) is 12.0. The summed E-state index contributed by atoms with van der Waals surface area (Å²) in [5.41, 5.74) is 5.49. The number of nitrogens with zero attached hydrogens (tertiary/aromatic N) is 1. The first-order valence-electron chi connectivity index (χ1n) is 5.97. The maximum atomic E-state index is 13.3. The molecule has 0 aliphatic carbocycles. The van der Waals surface area contributed by atoms with Crippen LogP contribution in [-0.2, 0) is 10.0 Å². The standard InChI is InChI=1S/C13H21FN2O2S/c1-9-6-10(14)11(15)7-12(9)19(17,18)16(5)8-13(2,3)4/h6-7H,8,15H2,1-5H3. The average molecular weight is 288 g/mol. The Morgan fingerprint density at radius 3 is 2.32 bits per heavy atom. The quantitative estimate of drug-likeness (QED) is 0.869. The number of nitrogens with two attached hydrogens (primary N) is 1. The van der Waals surface area contributed by atoms with E-state index in [2.05, 4.69) is 0 Å². The van der Waals surface area contributed by atoms with E-state index in [0.29, 0.717) is 12.1 Å². The molecule has 1 rings (SSSR count). The van der Waals surface area contributed by atoms with Gasteiger partial charge in [-0.25, -0.2) is 17.1 Å². The van der Waals surface area contributed by atoms with Gasteiger partial charge in [0.15, 0.2) is 0 Å². The van der Waals surface area contributed by atoms with Gasteiger partial charge in [0.2, 0.25) is 10.0 Å². The lowest BCUT2D eigenvalue weighted by Crippen LogP contribution is -2.34. The number of hydrogen-bond acceptors (Lipinski definition) is 3. The van der Waals surface area contributed by atoms with Gasteiger partial charge in [-0.1, -0.05) is 20.8 Å². The second-order valence-corrected chi connectivity index (χ2v) is 7.97. The summed E-state index contributed by atoms with van der Waals surface area (Å²) in [5, 5.41) is 0. The lowest BCUT2D eigenvalue weighted by atomic mass is 9.97. The van der Waals surface area contributed by atoms with Crippen molar-refractivity contribution in [3.05, 3.63) is 23.5 Å². The van der Waals surface area contributed by atoms with E-state index >= 15 is 0 Å². The van der Waals surface area contributed by atoms with Crippen LogP contribution >= 0.6 is 0 Å². The van der Waals surface area contributed by atoms with Crippen LogP contribution in [-0.4, -0.2) is 26.3 Å². The van der Waals surface area contributed by atoms with Crippen LogP contribution in [0.4, 0.5) is 10.1 Å². The predicted molar refractivity (Wildman–Crippen MR) is 74.8 cm³/mol. The van der Waals surface area contributed by atoms with Crippen molar-refractivity contribution in [2.75, 3.05) is 19.3 Å². The largest absolute Gasteiger partial charge is 0.396 e. The third-order valence-corrected chi connectivity index (χ3v) is 4.62. The van der Waals surface area contributed by atoms with E-state index in [1.165, 1.54) is 17.4 Å². The zero-order valence-corrected chi connectivity index (χ0v) is 12.8. The molecule has 0 bridgehead atoms. The summed E-state index contributed by atoms with van der Waals surface area (Å²) in [6.45, 7) is 7.77. The van der Waals surface area contributed by atoms with Crippen molar-refractivity contribution in [2.24, 2.45) is 5.41 Å². The fraction of sp³-hybridized carbons (Fsp3) is 0.538. The molecule has 6 heteroatoms. The molecule has 0 atom stereocenters. The van der Waals surface area contributed by atoms with Crippen molar-refractivity contribution in [3.8, 4) is 0 Å². The third-order valence-electron chi connectivity index (χ3n) is 2.68. The summed E-state index contributed by atoms with van der Waals surface area (Å²) in [4.78, 5) is 0.0538. The van der Waals surface area contributed by atoms with Gasteiger partial charge in [-0.15, -0.1) is 0 Å². The molecule has 0 fully saturated rings. The monoisotopic (exact) mass is 288 g/mol. The summed E-state index contributed by atoms with van der Waals surface area (Å²) < 4.78 is 39.4. The lowest BCUT2D eigenvalue weighted by molar-refractivity contribution is 0.310. The number of anilines is 1. The van der Waals surface area contributed by atoms with E-state index in [1.807, 2.05) is 20.8 Å². The van der Waals surface area contributed by atoms with E-state index in [1.54, 1.807) is 6.92 Å². The SMILES string of the molecule is Cc1cc(F)c(N)cc1S(=O)(=O)N(C)CC(C)(C)C. The van der Waals surface area contributed by atoms with E-state index < -0.39 is 15.8 Å². The van der Waals surface area contributed by atoms with Crippen LogP contribution in [0.25, 0.3) is 0 Å². The lowest BCUT2D eigenvalue weighted by Gasteiger charge is -2.26. The number of hydrogen-bond donors (Lipinski definition) is 1. The minimum Gasteiger partial charge on any atom is -0.396 e. The van der Waals surface area contributed by atoms with Crippen LogP contribution in [0.1, 0.15) is 26.3 Å². The molecule has 0 aliphatic rings. The zero-order chi connectivity index (χ0) is 15.0. The maximum absolute atomic E-state index is 13.3. The molecule has 0 aromatic heterocycles. The van der Waals surface area contributed by atoms with Gasteiger partial charge in [0.25, 0.3) is 0 Å². The number of rotatable bonds is 3. The molecule has 19 heavy (non-hydrogen) atoms. The molecule has 1 aromatic carbocycles. The Labute approximate surface area is 114 Å². The van der Waals surface area contributed by atoms with Crippen LogP contribution in [0, 0.1) is 18.2 Å². The fourth-order valence-corrected chi connectivity index (χ4v) is 3.50. The van der Waals surface area contributed by atoms with Crippen molar-refractivity contribution in [1.29, 1.82) is 0 Å². The normalized spacial score (nSPS) is 13.0. The molecule has 0 amide bonds. The van der Waals surface area contributed by atoms with E-state index in [0.717, 1.165) is 6.07 Å². The minimum atomic E-state index is -3.66. The number of nitrogen functional groups attached to an aromatic ring is 1. The highest BCUT2D eigenvalue weighted by Gasteiger charge is 2.27. The first-order chi connectivity index (χ1) is 8.45. The number of halogens is 1. The van der Waals surface area contributed by atoms with Gasteiger partial charge in [-0.05, 0) is 30.0 Å². The first-order valence-corrected chi connectivity index (χ1v) is 7.41. The molecule has 0 aliphatic heterocycles. The van der Waals surface area contributed by atoms with E-state index in [9.17, 15) is 12.8 Å². The molecule has 0 saturated heterocycles. The molecule has 0 spiro atoms. The molecule has 0 saturated carbocycles. The van der Waals surface area contributed by atoms with Gasteiger partial charge in [-0.2, -0.15) is 0 Å². The Morgan fingerprint density at radius 2 is 1.84 bits per heavy atom. The number of aryl methyl sites for hydroxylation is 1. The molecule has 4 nitrogen and oxygen atoms in total. The van der Waals surface area contributed by atoms with Gasteiger partial charge < -0.3 is 5.73 Å². The van der Waals surface area contributed by atoms with Crippen molar-refractivity contribution < 1.29 is 12.8 Å². The summed E-state index contributed by atoms with van der Waals surface area (Å²) in [5.74, 6) is -0.602. The Bertz CT molecular complexity index is 577. The molecular weight excluding hydrogens is 267 g/mol. The van der Waals surface area contributed by atoms with Gasteiger partial charge >= 0.3 is 0 Å². The van der Waals surface area contributed by atoms with E-state index in [-0.39, 0.29) is 16.0 Å². The van der Waals surface area contributed by atoms with Gasteiger partial charge in [0.1, 0.15) is 5.82 Å². The van der Waals surface area contributed by atoms with Crippen molar-refractivity contribution in [2.45, 2.75) is 32.6 Å². The Morgan fingerprint density at radius 1 is 1.32 bits per heavy atom. The predicted octanol–water partition coefficient (Wildman–Crippen LogP) is 2.38. The Hall–Kier alpha value is -1.14. The van der Waals surface area contributed by atoms with Crippen molar-refractivity contribution in [1.82, 2.24) is 4.31 Å². The van der Waals surface area contributed by atoms with Crippen LogP contribution in [0.5, 0.6) is 0 Å². The molecule has 108 valence electrons. The summed E-state index contributed by atoms with van der Waals surface area (Å²) in [6.07, 6.45) is 0. The van der Waals surface area contributed by atoms with Gasteiger partial charge in [-0.3, -0.25) is 0 Å². The van der Waals surface area contributed by atoms with Crippen molar-refractivity contribution in [3.63, 3.8) is 0 Å². The number of benzene rings is 1. The van der Waals surface area contributed by atoms with Gasteiger partial charge in [0, 0.05) is 13.6 Å². The second kappa shape index (κ2) is 5.09. The van der Waals surface area contributed by atoms with Crippen molar-refractivity contribution >= 4 is 15.7 Å². The average Bonchev–Trinajstić information content (AvgIpc) is 2.20. The highest BCUT2D eigenvalue weighted by atomic mass is 32.2. The topological polar surface area (TPSA) is 63.4 Å². The molecule has 1 aromatic rings. The molecular formula is C13H21FN2O2S. The van der Waals surface area contributed by atoms with Gasteiger partial charge in [0.05, 0.1) is 10.6 Å². The summed E-state index contributed by atoms with van der Waals surface area (Å²) in [6, 6.07) is 2.33. The van der Waals surface area contributed by atoms with Crippen LogP contribution in [0.2, 0.25) is 0 Å². The van der Waals surface area contributed by atoms with Crippen LogP contribution in [0.15, 0.2) is 17.0 Å². The molecule has 0 radical (unpaired) electrons. The smallest absolute Gasteiger partial charge is 0.243 e. The second-order valence-electron chi connectivity index (χ2n) is 5.96. The van der Waals surface area contributed by atoms with Crippen LogP contribution in [0.3, 0.4) is 0 Å². The molecule has 2 N–H and O–H groups in total. The third kappa shape index (κ3) is 3.67. The first kappa shape index (κ1) is 15.9.